The minimum absolute atomic E-state index is 0.0969. The van der Waals surface area contributed by atoms with Gasteiger partial charge in [0.25, 0.3) is 0 Å². The van der Waals surface area contributed by atoms with Crippen LogP contribution in [0.2, 0.25) is 0 Å². The Balaban J connectivity index is 1.24. The molecule has 48 heavy (non-hydrogen) atoms. The molecular formula is C44H49N2O2+. The SMILES string of the molecule is CCC[N+]1=C(/C=C/C=C/C=C/C=C2\N(CCCCCC(=O)O)c3ccc4ccccc4c3C2(C)C)C(C)(C)c2c1ccc1ccccc21. The van der Waals surface area contributed by atoms with E-state index in [1.54, 1.807) is 0 Å². The van der Waals surface area contributed by atoms with Gasteiger partial charge in [0.1, 0.15) is 6.54 Å². The fourth-order valence-corrected chi connectivity index (χ4v) is 7.98. The minimum Gasteiger partial charge on any atom is -0.481 e. The Morgan fingerprint density at radius 3 is 2.10 bits per heavy atom. The average Bonchev–Trinajstić information content (AvgIpc) is 3.42. The van der Waals surface area contributed by atoms with Crippen molar-refractivity contribution in [1.29, 1.82) is 0 Å². The zero-order chi connectivity index (χ0) is 33.9. The van der Waals surface area contributed by atoms with E-state index in [2.05, 4.69) is 159 Å². The van der Waals surface area contributed by atoms with E-state index in [0.717, 1.165) is 32.4 Å². The van der Waals surface area contributed by atoms with Crippen LogP contribution in [0.1, 0.15) is 77.8 Å². The van der Waals surface area contributed by atoms with E-state index in [1.807, 2.05) is 0 Å². The Hall–Kier alpha value is -4.70. The molecule has 4 aromatic carbocycles. The maximum absolute atomic E-state index is 11.0. The number of benzene rings is 4. The summed E-state index contributed by atoms with van der Waals surface area (Å²) in [6.07, 6.45) is 19.1. The van der Waals surface area contributed by atoms with Crippen molar-refractivity contribution in [1.82, 2.24) is 0 Å². The molecule has 0 spiro atoms. The third kappa shape index (κ3) is 6.17. The van der Waals surface area contributed by atoms with Crippen molar-refractivity contribution in [2.45, 2.75) is 77.6 Å². The van der Waals surface area contributed by atoms with E-state index >= 15 is 0 Å². The fraction of sp³-hybridized carbons (Fsp3) is 0.318. The Kier molecular flexibility index (Phi) is 9.55. The van der Waals surface area contributed by atoms with E-state index in [0.29, 0.717) is 6.42 Å². The summed E-state index contributed by atoms with van der Waals surface area (Å²) in [5, 5.41) is 14.3. The largest absolute Gasteiger partial charge is 0.481 e. The molecule has 1 N–H and O–H groups in total. The molecule has 0 radical (unpaired) electrons. The first-order valence-corrected chi connectivity index (χ1v) is 17.6. The highest BCUT2D eigenvalue weighted by molar-refractivity contribution is 6.07. The molecule has 6 rings (SSSR count). The molecule has 246 valence electrons. The van der Waals surface area contributed by atoms with Crippen LogP contribution in [0, 0.1) is 0 Å². The van der Waals surface area contributed by atoms with E-state index in [9.17, 15) is 4.79 Å². The first-order valence-electron chi connectivity index (χ1n) is 17.6. The minimum atomic E-state index is -0.717. The molecule has 4 nitrogen and oxygen atoms in total. The van der Waals surface area contributed by atoms with Gasteiger partial charge in [0.05, 0.1) is 5.41 Å². The standard InChI is InChI=1S/C44H48N2O2/c1-6-30-45-36-28-26-32-19-14-16-21-34(32)41(36)43(2,3)38(45)23-11-8-7-9-12-24-39-44(4,5)42-35-22-17-15-20-33(35)27-29-37(42)46(39)31-18-10-13-25-40(47)48/h7-9,11-12,14-17,19-24,26-29H,6,10,13,18,25,30-31H2,1-5H3/p+1. The van der Waals surface area contributed by atoms with Crippen molar-refractivity contribution in [2.24, 2.45) is 0 Å². The van der Waals surface area contributed by atoms with Crippen LogP contribution >= 0.6 is 0 Å². The molecule has 0 unspecified atom stereocenters. The molecule has 0 saturated carbocycles. The van der Waals surface area contributed by atoms with Crippen molar-refractivity contribution in [3.05, 3.63) is 132 Å². The second kappa shape index (κ2) is 13.8. The predicted octanol–water partition coefficient (Wildman–Crippen LogP) is 10.8. The zero-order valence-corrected chi connectivity index (χ0v) is 29.2. The molecule has 0 bridgehead atoms. The number of allylic oxidation sites excluding steroid dienone is 8. The van der Waals surface area contributed by atoms with Crippen LogP contribution in [0.4, 0.5) is 11.4 Å². The number of carboxylic acids is 1. The first-order chi connectivity index (χ1) is 23.2. The van der Waals surface area contributed by atoms with Gasteiger partial charge in [-0.2, -0.15) is 4.58 Å². The summed E-state index contributed by atoms with van der Waals surface area (Å²) in [6, 6.07) is 26.4. The van der Waals surface area contributed by atoms with Gasteiger partial charge in [0, 0.05) is 53.9 Å². The Morgan fingerprint density at radius 2 is 1.40 bits per heavy atom. The quantitative estimate of drug-likeness (QED) is 0.0955. The molecule has 4 aromatic rings. The summed E-state index contributed by atoms with van der Waals surface area (Å²) in [7, 11) is 0. The molecular weight excluding hydrogens is 588 g/mol. The molecule has 0 fully saturated rings. The highest BCUT2D eigenvalue weighted by Crippen LogP contribution is 2.51. The zero-order valence-electron chi connectivity index (χ0n) is 29.2. The van der Waals surface area contributed by atoms with Gasteiger partial charge in [0.2, 0.25) is 5.69 Å². The Morgan fingerprint density at radius 1 is 0.750 bits per heavy atom. The van der Waals surface area contributed by atoms with Crippen molar-refractivity contribution < 1.29 is 14.5 Å². The summed E-state index contributed by atoms with van der Waals surface area (Å²) in [6.45, 7) is 13.5. The number of rotatable bonds is 12. The summed E-state index contributed by atoms with van der Waals surface area (Å²) < 4.78 is 2.51. The topological polar surface area (TPSA) is 43.5 Å². The number of hydrogen-bond donors (Lipinski definition) is 1. The maximum atomic E-state index is 11.0. The number of fused-ring (bicyclic) bond motifs is 6. The highest BCUT2D eigenvalue weighted by atomic mass is 16.4. The number of nitrogens with zero attached hydrogens (tertiary/aromatic N) is 2. The van der Waals surface area contributed by atoms with Gasteiger partial charge in [0.15, 0.2) is 5.71 Å². The van der Waals surface area contributed by atoms with Gasteiger partial charge < -0.3 is 10.0 Å². The molecule has 0 amide bonds. The van der Waals surface area contributed by atoms with Crippen molar-refractivity contribution in [2.75, 3.05) is 18.0 Å². The number of carboxylic acid groups (broad SMARTS) is 1. The monoisotopic (exact) mass is 637 g/mol. The average molecular weight is 638 g/mol. The van der Waals surface area contributed by atoms with E-state index in [4.69, 9.17) is 5.11 Å². The van der Waals surface area contributed by atoms with Gasteiger partial charge in [-0.15, -0.1) is 0 Å². The molecule has 0 atom stereocenters. The summed E-state index contributed by atoms with van der Waals surface area (Å²) in [4.78, 5) is 13.5. The van der Waals surface area contributed by atoms with Crippen LogP contribution < -0.4 is 4.90 Å². The summed E-state index contributed by atoms with van der Waals surface area (Å²) in [5.41, 5.74) is 7.72. The lowest BCUT2D eigenvalue weighted by atomic mass is 9.79. The van der Waals surface area contributed by atoms with Crippen molar-refractivity contribution >= 4 is 44.6 Å². The molecule has 2 aliphatic rings. The lowest BCUT2D eigenvalue weighted by Crippen LogP contribution is -2.28. The lowest BCUT2D eigenvalue weighted by Gasteiger charge is -2.27. The summed E-state index contributed by atoms with van der Waals surface area (Å²) >= 11 is 0. The van der Waals surface area contributed by atoms with Crippen molar-refractivity contribution in [3.63, 3.8) is 0 Å². The van der Waals surface area contributed by atoms with E-state index < -0.39 is 5.97 Å². The Labute approximate surface area is 286 Å². The van der Waals surface area contributed by atoms with Crippen LogP contribution in [0.3, 0.4) is 0 Å². The van der Waals surface area contributed by atoms with Crippen molar-refractivity contribution in [3.8, 4) is 0 Å². The van der Waals surface area contributed by atoms with Gasteiger partial charge in [-0.05, 0) is 72.0 Å². The highest BCUT2D eigenvalue weighted by Gasteiger charge is 2.45. The molecule has 2 heterocycles. The smallest absolute Gasteiger partial charge is 0.303 e. The number of carbonyl (C=O) groups is 1. The van der Waals surface area contributed by atoms with Gasteiger partial charge in [-0.25, -0.2) is 0 Å². The number of anilines is 1. The number of unbranched alkanes of at least 4 members (excludes halogenated alkanes) is 2. The third-order valence-electron chi connectivity index (χ3n) is 10.2. The lowest BCUT2D eigenvalue weighted by molar-refractivity contribution is -0.437. The fourth-order valence-electron chi connectivity index (χ4n) is 7.98. The van der Waals surface area contributed by atoms with Gasteiger partial charge in [-0.1, -0.05) is 112 Å². The van der Waals surface area contributed by atoms with Gasteiger partial charge in [-0.3, -0.25) is 4.79 Å². The number of aliphatic carboxylic acids is 1. The molecule has 2 aliphatic heterocycles. The maximum Gasteiger partial charge on any atom is 0.303 e. The van der Waals surface area contributed by atoms with Crippen LogP contribution in [0.25, 0.3) is 21.5 Å². The molecule has 4 heteroatoms. The third-order valence-corrected chi connectivity index (χ3v) is 10.2. The molecule has 0 aromatic heterocycles. The van der Waals surface area contributed by atoms with Crippen LogP contribution in [-0.4, -0.2) is 34.5 Å². The molecule has 0 aliphatic carbocycles. The molecule has 0 saturated heterocycles. The summed E-state index contributed by atoms with van der Waals surface area (Å²) in [5.74, 6) is -0.717. The van der Waals surface area contributed by atoms with E-state index in [-0.39, 0.29) is 17.3 Å². The van der Waals surface area contributed by atoms with Crippen LogP contribution in [-0.2, 0) is 15.6 Å². The van der Waals surface area contributed by atoms with E-state index in [1.165, 1.54) is 55.5 Å². The Bertz CT molecular complexity index is 2000. The van der Waals surface area contributed by atoms with Gasteiger partial charge >= 0.3 is 5.97 Å². The van der Waals surface area contributed by atoms with Crippen LogP contribution in [0.15, 0.2) is 121 Å². The second-order valence-electron chi connectivity index (χ2n) is 14.2. The van der Waals surface area contributed by atoms with Crippen LogP contribution in [0.5, 0.6) is 0 Å². The normalized spacial score (nSPS) is 17.6. The second-order valence-corrected chi connectivity index (χ2v) is 14.2. The first kappa shape index (κ1) is 33.2. The predicted molar refractivity (Wildman–Crippen MR) is 203 cm³/mol. The number of hydrogen-bond acceptors (Lipinski definition) is 2.